The fourth-order valence-electron chi connectivity index (χ4n) is 1.98. The first-order chi connectivity index (χ1) is 11.8. The summed E-state index contributed by atoms with van der Waals surface area (Å²) in [5, 5.41) is 0.983. The van der Waals surface area contributed by atoms with E-state index in [9.17, 15) is 13.2 Å². The average Bonchev–Trinajstić information content (AvgIpc) is 2.54. The number of rotatable bonds is 7. The van der Waals surface area contributed by atoms with Crippen LogP contribution in [0.4, 0.5) is 0 Å². The molecule has 8 heteroatoms. The van der Waals surface area contributed by atoms with Crippen LogP contribution in [0.25, 0.3) is 0 Å². The van der Waals surface area contributed by atoms with Gasteiger partial charge in [0, 0.05) is 17.1 Å². The first-order valence-electron chi connectivity index (χ1n) is 7.38. The predicted molar refractivity (Wildman–Crippen MR) is 98.1 cm³/mol. The van der Waals surface area contributed by atoms with Gasteiger partial charge in [-0.3, -0.25) is 4.79 Å². The van der Waals surface area contributed by atoms with Crippen molar-refractivity contribution in [1.29, 1.82) is 0 Å². The Morgan fingerprint density at radius 3 is 2.40 bits per heavy atom. The minimum atomic E-state index is -3.71. The van der Waals surface area contributed by atoms with Gasteiger partial charge < -0.3 is 9.64 Å². The molecule has 2 aromatic carbocycles. The van der Waals surface area contributed by atoms with Gasteiger partial charge in [-0.1, -0.05) is 29.3 Å². The quantitative estimate of drug-likeness (QED) is 0.713. The van der Waals surface area contributed by atoms with E-state index >= 15 is 0 Å². The third-order valence-corrected chi connectivity index (χ3v) is 5.51. The van der Waals surface area contributed by atoms with Gasteiger partial charge in [0.2, 0.25) is 5.91 Å². The molecule has 5 nitrogen and oxygen atoms in total. The molecule has 0 aliphatic rings. The van der Waals surface area contributed by atoms with E-state index in [0.29, 0.717) is 15.8 Å². The Balaban J connectivity index is 1.88. The molecule has 0 spiro atoms. The number of ether oxygens (including phenoxy) is 1. The highest BCUT2D eigenvalue weighted by Crippen LogP contribution is 2.17. The number of nitrogens with zero attached hydrogens (tertiary/aromatic N) is 1. The van der Waals surface area contributed by atoms with Crippen LogP contribution in [0.1, 0.15) is 0 Å². The summed E-state index contributed by atoms with van der Waals surface area (Å²) >= 11 is 11.6. The van der Waals surface area contributed by atoms with Gasteiger partial charge in [-0.05, 0) is 42.5 Å². The van der Waals surface area contributed by atoms with E-state index in [1.807, 2.05) is 0 Å². The van der Waals surface area contributed by atoms with Crippen LogP contribution < -0.4 is 4.74 Å². The van der Waals surface area contributed by atoms with Gasteiger partial charge in [0.1, 0.15) is 18.1 Å². The van der Waals surface area contributed by atoms with Crippen LogP contribution in [0.5, 0.6) is 5.75 Å². The Labute approximate surface area is 157 Å². The van der Waals surface area contributed by atoms with Crippen molar-refractivity contribution in [3.63, 3.8) is 0 Å². The first-order valence-corrected chi connectivity index (χ1v) is 9.79. The molecule has 134 valence electrons. The van der Waals surface area contributed by atoms with Crippen LogP contribution in [-0.2, 0) is 14.6 Å². The second-order valence-corrected chi connectivity index (χ2v) is 8.20. The van der Waals surface area contributed by atoms with E-state index in [0.717, 1.165) is 0 Å². The number of halogens is 2. The summed E-state index contributed by atoms with van der Waals surface area (Å²) in [6.07, 6.45) is 0. The second kappa shape index (κ2) is 8.56. The first kappa shape index (κ1) is 19.6. The minimum Gasteiger partial charge on any atom is -0.492 e. The van der Waals surface area contributed by atoms with Crippen LogP contribution in [0.3, 0.4) is 0 Å². The molecular formula is C17H17Cl2NO4S. The summed E-state index contributed by atoms with van der Waals surface area (Å²) in [4.78, 5) is 13.5. The third-order valence-electron chi connectivity index (χ3n) is 3.40. The Morgan fingerprint density at radius 2 is 1.76 bits per heavy atom. The molecule has 0 aromatic heterocycles. The molecule has 1 amide bonds. The highest BCUT2D eigenvalue weighted by molar-refractivity contribution is 7.92. The van der Waals surface area contributed by atoms with Crippen LogP contribution in [-0.4, -0.2) is 45.2 Å². The molecule has 2 aromatic rings. The number of likely N-dealkylation sites (N-methyl/N-ethyl adjacent to an activating group) is 1. The molecule has 0 saturated heterocycles. The van der Waals surface area contributed by atoms with Crippen LogP contribution in [0.2, 0.25) is 10.0 Å². The van der Waals surface area contributed by atoms with Crippen molar-refractivity contribution < 1.29 is 17.9 Å². The summed E-state index contributed by atoms with van der Waals surface area (Å²) in [5.41, 5.74) is 0. The lowest BCUT2D eigenvalue weighted by Gasteiger charge is -2.17. The number of sulfone groups is 1. The summed E-state index contributed by atoms with van der Waals surface area (Å²) in [5.74, 6) is -0.533. The van der Waals surface area contributed by atoms with Gasteiger partial charge in [-0.25, -0.2) is 8.42 Å². The van der Waals surface area contributed by atoms with Crippen LogP contribution in [0.15, 0.2) is 53.4 Å². The van der Waals surface area contributed by atoms with E-state index in [-0.39, 0.29) is 18.0 Å². The van der Waals surface area contributed by atoms with Crippen molar-refractivity contribution >= 4 is 38.9 Å². The molecule has 2 rings (SSSR count). The molecule has 0 saturated carbocycles. The smallest absolute Gasteiger partial charge is 0.238 e. The van der Waals surface area contributed by atoms with Gasteiger partial charge in [-0.2, -0.15) is 0 Å². The molecule has 0 radical (unpaired) electrons. The highest BCUT2D eigenvalue weighted by atomic mass is 35.5. The Kier molecular flexibility index (Phi) is 6.70. The molecule has 0 unspecified atom stereocenters. The Hall–Kier alpha value is -1.76. The van der Waals surface area contributed by atoms with Crippen molar-refractivity contribution in [1.82, 2.24) is 4.90 Å². The number of carbonyl (C=O) groups excluding carboxylic acids is 1. The van der Waals surface area contributed by atoms with Gasteiger partial charge in [-0.15, -0.1) is 0 Å². The number of hydrogen-bond acceptors (Lipinski definition) is 4. The zero-order valence-corrected chi connectivity index (χ0v) is 15.8. The minimum absolute atomic E-state index is 0.0637. The predicted octanol–water partition coefficient (Wildman–Crippen LogP) is 3.30. The standard InChI is InChI=1S/C17H17Cl2NO4S/c1-20(9-10-24-15-4-2-3-14(19)11-15)17(21)12-25(22,23)16-7-5-13(18)6-8-16/h2-8,11H,9-10,12H2,1H3. The van der Waals surface area contributed by atoms with Crippen molar-refractivity contribution in [3.8, 4) is 5.75 Å². The molecule has 0 N–H and O–H groups in total. The van der Waals surface area contributed by atoms with Crippen LogP contribution >= 0.6 is 23.2 Å². The summed E-state index contributed by atoms with van der Waals surface area (Å²) < 4.78 is 30.0. The molecular weight excluding hydrogens is 385 g/mol. The van der Waals surface area contributed by atoms with E-state index in [1.165, 1.54) is 36.2 Å². The third kappa shape index (κ3) is 5.92. The number of amides is 1. The van der Waals surface area contributed by atoms with Crippen LogP contribution in [0, 0.1) is 0 Å². The fourth-order valence-corrected chi connectivity index (χ4v) is 3.55. The van der Waals surface area contributed by atoms with Gasteiger partial charge in [0.05, 0.1) is 11.4 Å². The summed E-state index contributed by atoms with van der Waals surface area (Å²) in [6.45, 7) is 0.477. The molecule has 0 bridgehead atoms. The molecule has 0 fully saturated rings. The Bertz CT molecular complexity index is 838. The summed E-state index contributed by atoms with van der Waals surface area (Å²) in [6, 6.07) is 12.6. The number of carbonyl (C=O) groups is 1. The van der Waals surface area contributed by atoms with Crippen molar-refractivity contribution in [2.45, 2.75) is 4.90 Å². The van der Waals surface area contributed by atoms with E-state index < -0.39 is 21.5 Å². The normalized spacial score (nSPS) is 11.2. The Morgan fingerprint density at radius 1 is 1.08 bits per heavy atom. The molecule has 0 aliphatic heterocycles. The fraction of sp³-hybridized carbons (Fsp3) is 0.235. The molecule has 0 aliphatic carbocycles. The lowest BCUT2D eigenvalue weighted by molar-refractivity contribution is -0.127. The largest absolute Gasteiger partial charge is 0.492 e. The monoisotopic (exact) mass is 401 g/mol. The molecule has 0 heterocycles. The molecule has 0 atom stereocenters. The van der Waals surface area contributed by atoms with Gasteiger partial charge in [0.25, 0.3) is 0 Å². The molecule has 25 heavy (non-hydrogen) atoms. The second-order valence-electron chi connectivity index (χ2n) is 5.33. The van der Waals surface area contributed by atoms with Crippen molar-refractivity contribution in [2.24, 2.45) is 0 Å². The maximum atomic E-state index is 12.3. The lowest BCUT2D eigenvalue weighted by atomic mass is 10.3. The maximum absolute atomic E-state index is 12.3. The van der Waals surface area contributed by atoms with E-state index in [1.54, 1.807) is 24.3 Å². The van der Waals surface area contributed by atoms with Gasteiger partial charge in [0.15, 0.2) is 9.84 Å². The lowest BCUT2D eigenvalue weighted by Crippen LogP contribution is -2.35. The highest BCUT2D eigenvalue weighted by Gasteiger charge is 2.21. The van der Waals surface area contributed by atoms with Crippen molar-refractivity contribution in [2.75, 3.05) is 26.0 Å². The van der Waals surface area contributed by atoms with Crippen molar-refractivity contribution in [3.05, 3.63) is 58.6 Å². The topological polar surface area (TPSA) is 63.7 Å². The summed E-state index contributed by atoms with van der Waals surface area (Å²) in [7, 11) is -2.18. The van der Waals surface area contributed by atoms with E-state index in [2.05, 4.69) is 0 Å². The maximum Gasteiger partial charge on any atom is 0.238 e. The number of hydrogen-bond donors (Lipinski definition) is 0. The van der Waals surface area contributed by atoms with Gasteiger partial charge >= 0.3 is 0 Å². The SMILES string of the molecule is CN(CCOc1cccc(Cl)c1)C(=O)CS(=O)(=O)c1ccc(Cl)cc1. The zero-order valence-electron chi connectivity index (χ0n) is 13.5. The average molecular weight is 402 g/mol. The zero-order chi connectivity index (χ0) is 18.4. The number of benzene rings is 2. The van der Waals surface area contributed by atoms with E-state index in [4.69, 9.17) is 27.9 Å².